The van der Waals surface area contributed by atoms with Gasteiger partial charge in [-0.3, -0.25) is 0 Å². The van der Waals surface area contributed by atoms with Crippen LogP contribution in [0.15, 0.2) is 56.3 Å². The van der Waals surface area contributed by atoms with Crippen molar-refractivity contribution in [3.8, 4) is 11.3 Å². The maximum absolute atomic E-state index is 12.4. The van der Waals surface area contributed by atoms with Crippen molar-refractivity contribution in [2.24, 2.45) is 4.36 Å². The second kappa shape index (κ2) is 8.00. The highest BCUT2D eigenvalue weighted by Crippen LogP contribution is 2.25. The van der Waals surface area contributed by atoms with E-state index < -0.39 is 10.6 Å². The molecule has 5 heteroatoms. The third kappa shape index (κ3) is 4.19. The van der Waals surface area contributed by atoms with Crippen molar-refractivity contribution in [2.45, 2.75) is 18.7 Å². The Morgan fingerprint density at radius 1 is 1.14 bits per heavy atom. The van der Waals surface area contributed by atoms with Crippen molar-refractivity contribution in [1.29, 1.82) is 0 Å². The molecule has 0 bridgehead atoms. The van der Waals surface area contributed by atoms with E-state index in [0.29, 0.717) is 11.4 Å². The van der Waals surface area contributed by atoms with Crippen molar-refractivity contribution < 1.29 is 8.63 Å². The molecule has 1 heterocycles. The van der Waals surface area contributed by atoms with Crippen LogP contribution >= 0.6 is 0 Å². The average molecular weight is 305 g/mol. The summed E-state index contributed by atoms with van der Waals surface area (Å²) in [6.45, 7) is 7.62. The fourth-order valence-electron chi connectivity index (χ4n) is 2.13. The van der Waals surface area contributed by atoms with Gasteiger partial charge in [0.15, 0.2) is 0 Å². The van der Waals surface area contributed by atoms with E-state index in [4.69, 9.17) is 4.42 Å². The van der Waals surface area contributed by atoms with Gasteiger partial charge < -0.3 is 17.9 Å². The van der Waals surface area contributed by atoms with Gasteiger partial charge in [-0.15, -0.1) is 0 Å². The molecule has 2 rings (SSSR count). The Morgan fingerprint density at radius 2 is 1.90 bits per heavy atom. The molecule has 0 N–H and O–H groups in total. The van der Waals surface area contributed by atoms with Crippen molar-refractivity contribution in [3.05, 3.63) is 42.7 Å². The number of likely N-dealkylation sites (N-methyl/N-ethyl adjacent to an activating group) is 1. The van der Waals surface area contributed by atoms with E-state index in [0.717, 1.165) is 31.0 Å². The summed E-state index contributed by atoms with van der Waals surface area (Å²) in [5.74, 6) is 0.720. The molecule has 0 fully saturated rings. The van der Waals surface area contributed by atoms with Gasteiger partial charge in [0.1, 0.15) is 5.76 Å². The van der Waals surface area contributed by atoms with Gasteiger partial charge >= 0.3 is 0 Å². The normalized spacial score (nSPS) is 12.9. The molecule has 0 atom stereocenters. The lowest BCUT2D eigenvalue weighted by atomic mass is 10.2. The van der Waals surface area contributed by atoms with Gasteiger partial charge in [0.2, 0.25) is 0 Å². The van der Waals surface area contributed by atoms with Crippen molar-refractivity contribution in [1.82, 2.24) is 4.90 Å². The Labute approximate surface area is 128 Å². The van der Waals surface area contributed by atoms with Crippen LogP contribution in [0.5, 0.6) is 0 Å². The monoisotopic (exact) mass is 305 g/mol. The first-order valence-corrected chi connectivity index (χ1v) is 8.31. The lowest BCUT2D eigenvalue weighted by Crippen LogP contribution is -2.25. The van der Waals surface area contributed by atoms with Crippen LogP contribution in [0.2, 0.25) is 0 Å². The van der Waals surface area contributed by atoms with Crippen LogP contribution < -0.4 is 0 Å². The molecule has 0 aliphatic carbocycles. The molecule has 1 aromatic heterocycles. The van der Waals surface area contributed by atoms with Gasteiger partial charge in [0.25, 0.3) is 0 Å². The summed E-state index contributed by atoms with van der Waals surface area (Å²) in [4.78, 5) is 2.96. The highest BCUT2D eigenvalue weighted by Gasteiger charge is 2.02. The standard InChI is InChI=1S/C16H21N2O2S/c1-3-18(4-2)12-11-17-21(19)16-10-6-5-8-14(16)15-9-7-13-20-15/h5-10,13H,3-4,11-12H2,1-2H3/q-1. The summed E-state index contributed by atoms with van der Waals surface area (Å²) < 4.78 is 22.1. The van der Waals surface area contributed by atoms with E-state index in [1.54, 1.807) is 6.26 Å². The van der Waals surface area contributed by atoms with Crippen LogP contribution in [0, 0.1) is 0 Å². The van der Waals surface area contributed by atoms with Crippen molar-refractivity contribution in [2.75, 3.05) is 26.2 Å². The lowest BCUT2D eigenvalue weighted by molar-refractivity contribution is 0.313. The Bertz CT molecular complexity index is 627. The maximum atomic E-state index is 12.4. The number of nitrogens with zero attached hydrogens (tertiary/aromatic N) is 2. The maximum Gasteiger partial charge on any atom is 0.132 e. The molecule has 0 saturated carbocycles. The molecular weight excluding hydrogens is 284 g/mol. The second-order valence-corrected chi connectivity index (χ2v) is 5.80. The highest BCUT2D eigenvalue weighted by molar-refractivity contribution is 7.75. The summed E-state index contributed by atoms with van der Waals surface area (Å²) in [7, 11) is -1.36. The Hall–Kier alpha value is -1.59. The van der Waals surface area contributed by atoms with Gasteiger partial charge in [0, 0.05) is 18.7 Å². The topological polar surface area (TPSA) is 45.8 Å². The molecule has 21 heavy (non-hydrogen) atoms. The quantitative estimate of drug-likeness (QED) is 0.731. The summed E-state index contributed by atoms with van der Waals surface area (Å²) in [5.41, 5.74) is 0.840. The Kier molecular flexibility index (Phi) is 6.02. The summed E-state index contributed by atoms with van der Waals surface area (Å²) in [6.07, 6.45) is 1.62. The molecule has 114 valence electrons. The molecular formula is C16H21N2O2S-. The van der Waals surface area contributed by atoms with Gasteiger partial charge in [-0.2, -0.15) is 10.6 Å². The first-order chi connectivity index (χ1) is 10.3. The highest BCUT2D eigenvalue weighted by atomic mass is 32.2. The van der Waals surface area contributed by atoms with E-state index >= 15 is 0 Å². The largest absolute Gasteiger partial charge is 0.464 e. The third-order valence-corrected chi connectivity index (χ3v) is 4.53. The van der Waals surface area contributed by atoms with Gasteiger partial charge in [-0.25, -0.2) is 0 Å². The zero-order valence-corrected chi connectivity index (χ0v) is 13.3. The van der Waals surface area contributed by atoms with Crippen molar-refractivity contribution >= 4 is 10.6 Å². The smallest absolute Gasteiger partial charge is 0.132 e. The fourth-order valence-corrected chi connectivity index (χ4v) is 3.07. The van der Waals surface area contributed by atoms with E-state index in [9.17, 15) is 4.21 Å². The van der Waals surface area contributed by atoms with E-state index in [2.05, 4.69) is 23.1 Å². The molecule has 0 saturated heterocycles. The number of hydrogen-bond donors (Lipinski definition) is 0. The molecule has 2 aromatic rings. The SMILES string of the molecule is CCN(CC)CCN=[S-](=O)c1ccccc1-c1ccco1. The van der Waals surface area contributed by atoms with Gasteiger partial charge in [0.05, 0.1) is 6.26 Å². The summed E-state index contributed by atoms with van der Waals surface area (Å²) >= 11 is 0. The minimum atomic E-state index is -1.36. The zero-order chi connectivity index (χ0) is 15.1. The summed E-state index contributed by atoms with van der Waals surface area (Å²) in [5, 5.41) is 0. The predicted octanol–water partition coefficient (Wildman–Crippen LogP) is 3.79. The molecule has 1 aromatic carbocycles. The first-order valence-electron chi connectivity index (χ1n) is 7.21. The fraction of sp³-hybridized carbons (Fsp3) is 0.375. The molecule has 0 aliphatic heterocycles. The minimum Gasteiger partial charge on any atom is -0.464 e. The van der Waals surface area contributed by atoms with E-state index in [1.165, 1.54) is 0 Å². The van der Waals surface area contributed by atoms with Crippen molar-refractivity contribution in [3.63, 3.8) is 0 Å². The van der Waals surface area contributed by atoms with Crippen LogP contribution in [-0.2, 0) is 14.8 Å². The number of hydrogen-bond acceptors (Lipinski definition) is 5. The van der Waals surface area contributed by atoms with Crippen LogP contribution in [0.3, 0.4) is 0 Å². The molecule has 0 radical (unpaired) electrons. The molecule has 0 unspecified atom stereocenters. The number of benzene rings is 1. The lowest BCUT2D eigenvalue weighted by Gasteiger charge is -2.17. The molecule has 4 nitrogen and oxygen atoms in total. The third-order valence-electron chi connectivity index (χ3n) is 3.38. The minimum absolute atomic E-state index is 0.570. The second-order valence-electron chi connectivity index (χ2n) is 4.60. The average Bonchev–Trinajstić information content (AvgIpc) is 3.05. The van der Waals surface area contributed by atoms with Crippen LogP contribution in [0.4, 0.5) is 0 Å². The molecule has 0 amide bonds. The molecule has 0 spiro atoms. The predicted molar refractivity (Wildman–Crippen MR) is 85.5 cm³/mol. The van der Waals surface area contributed by atoms with Crippen LogP contribution in [0.1, 0.15) is 13.8 Å². The van der Waals surface area contributed by atoms with E-state index in [1.807, 2.05) is 36.4 Å². The zero-order valence-electron chi connectivity index (χ0n) is 12.5. The Morgan fingerprint density at radius 3 is 2.57 bits per heavy atom. The van der Waals surface area contributed by atoms with Crippen LogP contribution in [-0.4, -0.2) is 31.1 Å². The summed E-state index contributed by atoms with van der Waals surface area (Å²) in [6, 6.07) is 11.2. The number of furan rings is 1. The van der Waals surface area contributed by atoms with Crippen LogP contribution in [0.25, 0.3) is 11.3 Å². The number of rotatable bonds is 7. The van der Waals surface area contributed by atoms with Gasteiger partial charge in [-0.1, -0.05) is 43.0 Å². The van der Waals surface area contributed by atoms with E-state index in [-0.39, 0.29) is 0 Å². The van der Waals surface area contributed by atoms with Gasteiger partial charge in [-0.05, 0) is 25.2 Å². The first kappa shape index (κ1) is 15.8. The molecule has 0 aliphatic rings. The Balaban J connectivity index is 2.16.